The molecule has 6 heteroatoms. The van der Waals surface area contributed by atoms with Gasteiger partial charge in [0.15, 0.2) is 11.5 Å². The van der Waals surface area contributed by atoms with Crippen LogP contribution in [0.25, 0.3) is 0 Å². The van der Waals surface area contributed by atoms with Crippen molar-refractivity contribution in [1.82, 2.24) is 10.3 Å². The Bertz CT molecular complexity index is 889. The van der Waals surface area contributed by atoms with Crippen molar-refractivity contribution < 1.29 is 9.47 Å². The van der Waals surface area contributed by atoms with Gasteiger partial charge >= 0.3 is 0 Å². The summed E-state index contributed by atoms with van der Waals surface area (Å²) in [6, 6.07) is 15.6. The molecule has 28 heavy (non-hydrogen) atoms. The predicted octanol–water partition coefficient (Wildman–Crippen LogP) is 5.77. The second kappa shape index (κ2) is 10.5. The Kier molecular flexibility index (Phi) is 7.71. The van der Waals surface area contributed by atoms with Crippen molar-refractivity contribution in [2.24, 2.45) is 0 Å². The van der Waals surface area contributed by atoms with Crippen LogP contribution in [0.3, 0.4) is 0 Å². The zero-order valence-corrected chi connectivity index (χ0v) is 18.0. The van der Waals surface area contributed by atoms with Crippen LogP contribution in [0.5, 0.6) is 11.5 Å². The SMILES string of the molecule is CCOc1cc(CNCc2cccnc2)c(Br)cc1OCc1ccc(Cl)cc1. The van der Waals surface area contributed by atoms with Crippen molar-refractivity contribution in [1.29, 1.82) is 0 Å². The Morgan fingerprint density at radius 3 is 2.50 bits per heavy atom. The van der Waals surface area contributed by atoms with Crippen LogP contribution >= 0.6 is 27.5 Å². The van der Waals surface area contributed by atoms with E-state index in [0.29, 0.717) is 30.5 Å². The molecule has 0 spiro atoms. The molecule has 0 aliphatic carbocycles. The van der Waals surface area contributed by atoms with Crippen molar-refractivity contribution in [3.8, 4) is 11.5 Å². The number of aromatic nitrogens is 1. The molecule has 3 rings (SSSR count). The Balaban J connectivity index is 1.67. The Labute approximate surface area is 179 Å². The fourth-order valence-corrected chi connectivity index (χ4v) is 3.27. The van der Waals surface area contributed by atoms with E-state index >= 15 is 0 Å². The van der Waals surface area contributed by atoms with Gasteiger partial charge in [-0.2, -0.15) is 0 Å². The first kappa shape index (κ1) is 20.6. The average Bonchev–Trinajstić information content (AvgIpc) is 2.71. The third-order valence-electron chi connectivity index (χ3n) is 4.09. The zero-order valence-electron chi connectivity index (χ0n) is 15.6. The average molecular weight is 462 g/mol. The van der Waals surface area contributed by atoms with Gasteiger partial charge in [-0.05, 0) is 53.9 Å². The van der Waals surface area contributed by atoms with E-state index in [1.165, 1.54) is 0 Å². The van der Waals surface area contributed by atoms with Gasteiger partial charge in [0.2, 0.25) is 0 Å². The van der Waals surface area contributed by atoms with Gasteiger partial charge in [0, 0.05) is 35.0 Å². The summed E-state index contributed by atoms with van der Waals surface area (Å²) in [4.78, 5) is 4.14. The van der Waals surface area contributed by atoms with E-state index in [9.17, 15) is 0 Å². The lowest BCUT2D eigenvalue weighted by Crippen LogP contribution is -2.13. The van der Waals surface area contributed by atoms with Gasteiger partial charge in [-0.25, -0.2) is 0 Å². The van der Waals surface area contributed by atoms with E-state index in [0.717, 1.165) is 33.5 Å². The summed E-state index contributed by atoms with van der Waals surface area (Å²) in [5, 5.41) is 4.14. The largest absolute Gasteiger partial charge is 0.490 e. The molecule has 0 saturated carbocycles. The summed E-state index contributed by atoms with van der Waals surface area (Å²) >= 11 is 9.59. The predicted molar refractivity (Wildman–Crippen MR) is 116 cm³/mol. The van der Waals surface area contributed by atoms with Crippen molar-refractivity contribution in [2.75, 3.05) is 6.61 Å². The fourth-order valence-electron chi connectivity index (χ4n) is 2.68. The standard InChI is InChI=1S/C22H22BrClN2O2/c1-2-27-21-10-18(14-26-13-17-4-3-9-25-12-17)20(23)11-22(21)28-15-16-5-7-19(24)8-6-16/h3-12,26H,2,13-15H2,1H3. The van der Waals surface area contributed by atoms with Crippen LogP contribution < -0.4 is 14.8 Å². The van der Waals surface area contributed by atoms with Crippen molar-refractivity contribution >= 4 is 27.5 Å². The third kappa shape index (κ3) is 5.96. The highest BCUT2D eigenvalue weighted by Crippen LogP contribution is 2.34. The summed E-state index contributed by atoms with van der Waals surface area (Å²) < 4.78 is 12.8. The normalized spacial score (nSPS) is 10.7. The van der Waals surface area contributed by atoms with Gasteiger partial charge in [-0.1, -0.05) is 45.7 Å². The smallest absolute Gasteiger partial charge is 0.162 e. The van der Waals surface area contributed by atoms with Gasteiger partial charge in [0.1, 0.15) is 6.61 Å². The molecule has 0 unspecified atom stereocenters. The first-order valence-corrected chi connectivity index (χ1v) is 10.2. The molecular formula is C22H22BrClN2O2. The highest BCUT2D eigenvalue weighted by molar-refractivity contribution is 9.10. The number of hydrogen-bond donors (Lipinski definition) is 1. The number of hydrogen-bond acceptors (Lipinski definition) is 4. The highest BCUT2D eigenvalue weighted by Gasteiger charge is 2.11. The van der Waals surface area contributed by atoms with E-state index in [4.69, 9.17) is 21.1 Å². The summed E-state index contributed by atoms with van der Waals surface area (Å²) in [5.41, 5.74) is 3.29. The number of nitrogens with zero attached hydrogens (tertiary/aromatic N) is 1. The first-order valence-electron chi connectivity index (χ1n) is 9.07. The molecule has 0 amide bonds. The molecule has 1 N–H and O–H groups in total. The topological polar surface area (TPSA) is 43.4 Å². The minimum Gasteiger partial charge on any atom is -0.490 e. The maximum Gasteiger partial charge on any atom is 0.162 e. The van der Waals surface area contributed by atoms with Crippen LogP contribution in [0.15, 0.2) is 65.4 Å². The minimum absolute atomic E-state index is 0.447. The Hall–Kier alpha value is -2.08. The summed E-state index contributed by atoms with van der Waals surface area (Å²) in [6.45, 7) is 4.43. The maximum atomic E-state index is 6.00. The van der Waals surface area contributed by atoms with Gasteiger partial charge in [0.05, 0.1) is 6.61 Å². The van der Waals surface area contributed by atoms with Gasteiger partial charge in [-0.15, -0.1) is 0 Å². The van der Waals surface area contributed by atoms with Crippen LogP contribution in [0.4, 0.5) is 0 Å². The van der Waals surface area contributed by atoms with Crippen LogP contribution in [-0.2, 0) is 19.7 Å². The van der Waals surface area contributed by atoms with E-state index in [1.807, 2.05) is 61.7 Å². The van der Waals surface area contributed by atoms with Crippen molar-refractivity contribution in [3.05, 3.63) is 87.1 Å². The molecule has 146 valence electrons. The molecule has 0 aliphatic heterocycles. The lowest BCUT2D eigenvalue weighted by Gasteiger charge is -2.15. The summed E-state index contributed by atoms with van der Waals surface area (Å²) in [7, 11) is 0. The lowest BCUT2D eigenvalue weighted by molar-refractivity contribution is 0.269. The molecule has 3 aromatic rings. The minimum atomic E-state index is 0.447. The molecule has 0 saturated heterocycles. The molecule has 2 aromatic carbocycles. The monoisotopic (exact) mass is 460 g/mol. The zero-order chi connectivity index (χ0) is 19.8. The molecule has 0 fully saturated rings. The Morgan fingerprint density at radius 1 is 1.00 bits per heavy atom. The number of halogens is 2. The van der Waals surface area contributed by atoms with E-state index in [2.05, 4.69) is 26.2 Å². The molecule has 0 bridgehead atoms. The molecule has 0 radical (unpaired) electrons. The fraction of sp³-hybridized carbons (Fsp3) is 0.227. The second-order valence-corrected chi connectivity index (χ2v) is 7.49. The summed E-state index contributed by atoms with van der Waals surface area (Å²) in [6.07, 6.45) is 3.64. The molecule has 1 aromatic heterocycles. The van der Waals surface area contributed by atoms with Crippen LogP contribution in [-0.4, -0.2) is 11.6 Å². The van der Waals surface area contributed by atoms with Crippen molar-refractivity contribution in [3.63, 3.8) is 0 Å². The van der Waals surface area contributed by atoms with Crippen LogP contribution in [0, 0.1) is 0 Å². The number of rotatable bonds is 9. The van der Waals surface area contributed by atoms with Crippen LogP contribution in [0.2, 0.25) is 5.02 Å². The second-order valence-electron chi connectivity index (χ2n) is 6.20. The molecule has 1 heterocycles. The number of pyridine rings is 1. The maximum absolute atomic E-state index is 6.00. The Morgan fingerprint density at radius 2 is 1.79 bits per heavy atom. The molecule has 0 aliphatic rings. The third-order valence-corrected chi connectivity index (χ3v) is 5.08. The van der Waals surface area contributed by atoms with Gasteiger partial charge in [0.25, 0.3) is 0 Å². The number of ether oxygens (including phenoxy) is 2. The van der Waals surface area contributed by atoms with Gasteiger partial charge in [-0.3, -0.25) is 4.98 Å². The van der Waals surface area contributed by atoms with E-state index in [1.54, 1.807) is 6.20 Å². The van der Waals surface area contributed by atoms with Crippen molar-refractivity contribution in [2.45, 2.75) is 26.6 Å². The quantitative estimate of drug-likeness (QED) is 0.440. The van der Waals surface area contributed by atoms with Crippen LogP contribution in [0.1, 0.15) is 23.6 Å². The lowest BCUT2D eigenvalue weighted by atomic mass is 10.2. The van der Waals surface area contributed by atoms with Gasteiger partial charge < -0.3 is 14.8 Å². The molecule has 4 nitrogen and oxygen atoms in total. The summed E-state index contributed by atoms with van der Waals surface area (Å²) in [5.74, 6) is 1.44. The first-order chi connectivity index (χ1) is 13.7. The highest BCUT2D eigenvalue weighted by atomic mass is 79.9. The van der Waals surface area contributed by atoms with E-state index < -0.39 is 0 Å². The number of nitrogens with one attached hydrogen (secondary N) is 1. The number of benzene rings is 2. The molecular weight excluding hydrogens is 440 g/mol. The van der Waals surface area contributed by atoms with E-state index in [-0.39, 0.29) is 0 Å². The molecule has 0 atom stereocenters.